The zero-order valence-electron chi connectivity index (χ0n) is 16.7. The van der Waals surface area contributed by atoms with E-state index in [4.69, 9.17) is 9.47 Å². The highest BCUT2D eigenvalue weighted by atomic mass is 32.1. The van der Waals surface area contributed by atoms with Gasteiger partial charge < -0.3 is 19.5 Å². The van der Waals surface area contributed by atoms with Crippen LogP contribution in [0.4, 0.5) is 0 Å². The van der Waals surface area contributed by atoms with Crippen molar-refractivity contribution in [2.24, 2.45) is 0 Å². The van der Waals surface area contributed by atoms with Gasteiger partial charge >= 0.3 is 0 Å². The van der Waals surface area contributed by atoms with Gasteiger partial charge in [-0.1, -0.05) is 11.3 Å². The molecule has 0 radical (unpaired) electrons. The first-order chi connectivity index (χ1) is 13.5. The Morgan fingerprint density at radius 2 is 1.96 bits per heavy atom. The Hall–Kier alpha value is -2.16. The monoisotopic (exact) mass is 403 g/mol. The number of benzene rings is 1. The first kappa shape index (κ1) is 19.2. The molecule has 4 rings (SSSR count). The maximum atomic E-state index is 10.9. The molecule has 8 heteroatoms. The third kappa shape index (κ3) is 3.59. The van der Waals surface area contributed by atoms with Crippen LogP contribution in [-0.4, -0.2) is 51.6 Å². The Morgan fingerprint density at radius 1 is 1.29 bits per heavy atom. The molecule has 3 atom stereocenters. The molecule has 1 fully saturated rings. The third-order valence-electron chi connectivity index (χ3n) is 5.06. The lowest BCUT2D eigenvalue weighted by atomic mass is 10.0. The predicted octanol–water partition coefficient (Wildman–Crippen LogP) is 1.99. The lowest BCUT2D eigenvalue weighted by Gasteiger charge is -2.37. The van der Waals surface area contributed by atoms with Crippen molar-refractivity contribution in [3.63, 3.8) is 0 Å². The van der Waals surface area contributed by atoms with E-state index in [9.17, 15) is 5.11 Å². The molecule has 0 spiro atoms. The second-order valence-corrected chi connectivity index (χ2v) is 8.41. The number of fused-ring (bicyclic) bond motifs is 1. The van der Waals surface area contributed by atoms with Crippen molar-refractivity contribution in [1.82, 2.24) is 14.6 Å². The van der Waals surface area contributed by atoms with E-state index >= 15 is 0 Å². The summed E-state index contributed by atoms with van der Waals surface area (Å²) in [4.78, 5) is 7.41. The molecule has 0 bridgehead atoms. The minimum absolute atomic E-state index is 0.0155. The predicted molar refractivity (Wildman–Crippen MR) is 107 cm³/mol. The van der Waals surface area contributed by atoms with Crippen molar-refractivity contribution in [2.75, 3.05) is 19.7 Å². The van der Waals surface area contributed by atoms with Crippen LogP contribution in [0.2, 0.25) is 0 Å². The summed E-state index contributed by atoms with van der Waals surface area (Å²) in [5.41, 5.74) is 1.14. The van der Waals surface area contributed by atoms with E-state index in [1.807, 2.05) is 26.0 Å². The van der Waals surface area contributed by atoms with E-state index < -0.39 is 0 Å². The second-order valence-electron chi connectivity index (χ2n) is 7.40. The largest absolute Gasteiger partial charge is 0.494 e. The zero-order valence-corrected chi connectivity index (χ0v) is 17.5. The van der Waals surface area contributed by atoms with Gasteiger partial charge in [-0.3, -0.25) is 0 Å². The van der Waals surface area contributed by atoms with Crippen molar-refractivity contribution >= 4 is 16.3 Å². The summed E-state index contributed by atoms with van der Waals surface area (Å²) in [6.07, 6.45) is 0.325. The SMILES string of the molecule is CCOc1ccc([C@H](c2sc3nc(C)nn3c2O)[NH+]2C[C@@H](C)O[C@H](C)C2)cc1. The zero-order chi connectivity index (χ0) is 19.8. The summed E-state index contributed by atoms with van der Waals surface area (Å²) in [7, 11) is 0. The fourth-order valence-electron chi connectivity index (χ4n) is 4.08. The summed E-state index contributed by atoms with van der Waals surface area (Å²) < 4.78 is 13.1. The van der Waals surface area contributed by atoms with Gasteiger partial charge in [0.1, 0.15) is 41.7 Å². The topological polar surface area (TPSA) is 73.3 Å². The first-order valence-corrected chi connectivity index (χ1v) is 10.6. The number of nitrogens with one attached hydrogen (secondary N) is 1. The molecule has 2 N–H and O–H groups in total. The number of aromatic nitrogens is 3. The highest BCUT2D eigenvalue weighted by molar-refractivity contribution is 7.17. The molecule has 2 aromatic heterocycles. The van der Waals surface area contributed by atoms with E-state index in [-0.39, 0.29) is 24.1 Å². The standard InChI is InChI=1S/C20H26N4O3S/c1-5-26-16-8-6-15(7-9-16)17(23-10-12(2)27-13(3)11-23)18-19(25)24-20(28-18)21-14(4)22-24/h6-9,12-13,17,25H,5,10-11H2,1-4H3/p+1/t12-,13-,17-/m1/s1. The number of nitrogens with zero attached hydrogens (tertiary/aromatic N) is 3. The minimum atomic E-state index is -0.0155. The highest BCUT2D eigenvalue weighted by Crippen LogP contribution is 2.35. The average Bonchev–Trinajstić information content (AvgIpc) is 3.14. The van der Waals surface area contributed by atoms with Crippen LogP contribution in [0.3, 0.4) is 0 Å². The number of quaternary nitrogens is 1. The number of rotatable bonds is 5. The number of thiazole rings is 1. The molecule has 7 nitrogen and oxygen atoms in total. The summed E-state index contributed by atoms with van der Waals surface area (Å²) in [6.45, 7) is 10.4. The molecule has 150 valence electrons. The third-order valence-corrected chi connectivity index (χ3v) is 6.15. The van der Waals surface area contributed by atoms with Crippen LogP contribution in [0.25, 0.3) is 4.96 Å². The Labute approximate surface area is 168 Å². The van der Waals surface area contributed by atoms with Gasteiger partial charge in [-0.05, 0) is 52.0 Å². The van der Waals surface area contributed by atoms with Crippen molar-refractivity contribution in [2.45, 2.75) is 45.9 Å². The van der Waals surface area contributed by atoms with Crippen LogP contribution in [0, 0.1) is 6.92 Å². The van der Waals surface area contributed by atoms with Gasteiger partial charge in [-0.2, -0.15) is 4.52 Å². The summed E-state index contributed by atoms with van der Waals surface area (Å²) in [5, 5.41) is 15.3. The molecule has 1 aromatic carbocycles. The van der Waals surface area contributed by atoms with Crippen molar-refractivity contribution in [3.05, 3.63) is 40.5 Å². The number of hydrogen-bond acceptors (Lipinski definition) is 6. The average molecular weight is 404 g/mol. The van der Waals surface area contributed by atoms with E-state index in [2.05, 4.69) is 36.1 Å². The van der Waals surface area contributed by atoms with Crippen LogP contribution < -0.4 is 9.64 Å². The summed E-state index contributed by atoms with van der Waals surface area (Å²) >= 11 is 1.50. The van der Waals surface area contributed by atoms with Gasteiger partial charge in [-0.15, -0.1) is 5.10 Å². The lowest BCUT2D eigenvalue weighted by Crippen LogP contribution is -3.15. The Balaban J connectivity index is 1.78. The molecule has 0 aliphatic carbocycles. The fourth-order valence-corrected chi connectivity index (χ4v) is 5.27. The van der Waals surface area contributed by atoms with Gasteiger partial charge in [0.25, 0.3) is 0 Å². The molecule has 1 aliphatic rings. The maximum Gasteiger partial charge on any atom is 0.235 e. The Kier molecular flexibility index (Phi) is 5.27. The Morgan fingerprint density at radius 3 is 2.57 bits per heavy atom. The van der Waals surface area contributed by atoms with Crippen LogP contribution in [0.5, 0.6) is 11.6 Å². The molecule has 28 heavy (non-hydrogen) atoms. The van der Waals surface area contributed by atoms with Crippen LogP contribution in [-0.2, 0) is 4.74 Å². The van der Waals surface area contributed by atoms with Gasteiger partial charge in [0.05, 0.1) is 6.61 Å². The van der Waals surface area contributed by atoms with E-state index in [1.54, 1.807) is 4.52 Å². The molecule has 0 amide bonds. The summed E-state index contributed by atoms with van der Waals surface area (Å²) in [6, 6.07) is 8.16. The quantitative estimate of drug-likeness (QED) is 0.682. The fraction of sp³-hybridized carbons (Fsp3) is 0.500. The van der Waals surface area contributed by atoms with Gasteiger partial charge in [0, 0.05) is 5.56 Å². The van der Waals surface area contributed by atoms with Crippen molar-refractivity contribution < 1.29 is 19.5 Å². The molecule has 3 aromatic rings. The minimum Gasteiger partial charge on any atom is -0.494 e. The van der Waals surface area contributed by atoms with Gasteiger partial charge in [-0.25, -0.2) is 4.98 Å². The van der Waals surface area contributed by atoms with Gasteiger partial charge in [0.2, 0.25) is 10.8 Å². The molecule has 1 saturated heterocycles. The molecular weight excluding hydrogens is 376 g/mol. The number of morpholine rings is 1. The van der Waals surface area contributed by atoms with Crippen molar-refractivity contribution in [3.8, 4) is 11.6 Å². The van der Waals surface area contributed by atoms with Gasteiger partial charge in [0.15, 0.2) is 6.04 Å². The maximum absolute atomic E-state index is 10.9. The van der Waals surface area contributed by atoms with Crippen LogP contribution >= 0.6 is 11.3 Å². The van der Waals surface area contributed by atoms with Crippen molar-refractivity contribution in [1.29, 1.82) is 0 Å². The normalized spacial score (nSPS) is 23.8. The number of ether oxygens (including phenoxy) is 2. The number of aryl methyl sites for hydroxylation is 1. The summed E-state index contributed by atoms with van der Waals surface area (Å²) in [5.74, 6) is 1.69. The Bertz CT molecular complexity index is 942. The first-order valence-electron chi connectivity index (χ1n) is 9.74. The van der Waals surface area contributed by atoms with Crippen LogP contribution in [0.15, 0.2) is 24.3 Å². The van der Waals surface area contributed by atoms with Crippen LogP contribution in [0.1, 0.15) is 43.1 Å². The molecular formula is C20H27N4O3S+. The lowest BCUT2D eigenvalue weighted by molar-refractivity contribution is -0.939. The highest BCUT2D eigenvalue weighted by Gasteiger charge is 2.37. The van der Waals surface area contributed by atoms with E-state index in [0.29, 0.717) is 12.4 Å². The smallest absolute Gasteiger partial charge is 0.235 e. The van der Waals surface area contributed by atoms with E-state index in [1.165, 1.54) is 16.2 Å². The van der Waals surface area contributed by atoms with E-state index in [0.717, 1.165) is 34.2 Å². The second kappa shape index (κ2) is 7.69. The molecule has 1 aliphatic heterocycles. The molecule has 0 saturated carbocycles. The molecule has 3 heterocycles. The number of hydrogen-bond donors (Lipinski definition) is 2. The molecule has 0 unspecified atom stereocenters. The number of aromatic hydroxyl groups is 1.